The van der Waals surface area contributed by atoms with E-state index >= 15 is 0 Å². The van der Waals surface area contributed by atoms with Crippen LogP contribution < -0.4 is 16.8 Å². The SMILES string of the molecule is CC1(C)CCC(CC(=O)OC[C@H]2O[C@@](C#N)(c3ccc4c(N)ncnn34)[C@H](O)[C@@H]2O)CC1.CNc1nc(N)nc2c1ncn2[C@@H]1O[C@H](COC(=O)C(C)C)[C@@H](O)[C@@]1(C)O. The first kappa shape index (κ1) is 43.3. The van der Waals surface area contributed by atoms with Crippen LogP contribution >= 0.6 is 0 Å². The molecule has 59 heavy (non-hydrogen) atoms. The van der Waals surface area contributed by atoms with Crippen molar-refractivity contribution >= 4 is 46.2 Å². The van der Waals surface area contributed by atoms with Gasteiger partial charge in [0.1, 0.15) is 67.2 Å². The molecule has 9 N–H and O–H groups in total. The number of hydrogen-bond acceptors (Lipinski definition) is 19. The number of nitrogen functional groups attached to an aromatic ring is 2. The summed E-state index contributed by atoms with van der Waals surface area (Å²) in [6.45, 7) is 8.86. The van der Waals surface area contributed by atoms with Crippen LogP contribution in [0.25, 0.3) is 16.7 Å². The summed E-state index contributed by atoms with van der Waals surface area (Å²) in [6.07, 6.45) is -0.219. The minimum absolute atomic E-state index is 0.0224. The van der Waals surface area contributed by atoms with Crippen LogP contribution in [0.2, 0.25) is 0 Å². The minimum Gasteiger partial charge on any atom is -0.463 e. The number of ether oxygens (including phenoxy) is 4. The third-order valence-electron chi connectivity index (χ3n) is 11.4. The highest BCUT2D eigenvalue weighted by Crippen LogP contribution is 2.42. The lowest BCUT2D eigenvalue weighted by molar-refractivity contribution is -0.154. The van der Waals surface area contributed by atoms with Crippen LogP contribution in [0.15, 0.2) is 24.8 Å². The second-order valence-corrected chi connectivity index (χ2v) is 16.6. The number of esters is 2. The Balaban J connectivity index is 0.000000201. The number of nitrogens with one attached hydrogen (secondary N) is 1. The molecule has 1 saturated carbocycles. The van der Waals surface area contributed by atoms with Crippen molar-refractivity contribution < 1.29 is 49.0 Å². The molecule has 0 bridgehead atoms. The monoisotopic (exact) mass is 823 g/mol. The predicted molar refractivity (Wildman–Crippen MR) is 209 cm³/mol. The van der Waals surface area contributed by atoms with E-state index in [0.717, 1.165) is 25.7 Å². The van der Waals surface area contributed by atoms with Crippen molar-refractivity contribution in [2.75, 3.05) is 37.0 Å². The molecule has 4 aromatic heterocycles. The van der Waals surface area contributed by atoms with Crippen molar-refractivity contribution in [2.45, 2.75) is 115 Å². The van der Waals surface area contributed by atoms with Gasteiger partial charge in [-0.25, -0.2) is 14.5 Å². The van der Waals surface area contributed by atoms with Crippen molar-refractivity contribution in [3.05, 3.63) is 30.5 Å². The normalized spacial score (nSPS) is 29.3. The van der Waals surface area contributed by atoms with Gasteiger partial charge in [0.2, 0.25) is 11.5 Å². The van der Waals surface area contributed by atoms with E-state index in [4.69, 9.17) is 30.4 Å². The molecule has 21 nitrogen and oxygen atoms in total. The molecule has 0 unspecified atom stereocenters. The maximum Gasteiger partial charge on any atom is 0.308 e. The third kappa shape index (κ3) is 8.46. The number of rotatable bonds is 10. The standard InChI is InChI=1S/C22H29N5O5.C16H24N6O5/c1-21(2)7-5-13(6-8-21)9-17(28)31-10-15-18(29)19(30)22(11-23,32-15)16-4-3-14-20(24)25-12-26-27(14)16;1-7(2)13(24)26-5-8-10(23)16(3,25)14(27-8)22-6-19-9-11(18-4)20-15(17)21-12(9)22/h3-4,12-13,15,18-19,29-30H,5-10H2,1-2H3,(H2,24,25,26);6-8,10,14,23,25H,5H2,1-4H3,(H3,17,18,20,21)/t15-,18-,19-,22+;8-,10-,14-,16-/m11/s1. The van der Waals surface area contributed by atoms with Gasteiger partial charge in [0.15, 0.2) is 29.0 Å². The van der Waals surface area contributed by atoms with Gasteiger partial charge in [-0.3, -0.25) is 14.2 Å². The lowest BCUT2D eigenvalue weighted by Gasteiger charge is -2.33. The first-order valence-electron chi connectivity index (χ1n) is 19.4. The lowest BCUT2D eigenvalue weighted by Crippen LogP contribution is -2.44. The lowest BCUT2D eigenvalue weighted by atomic mass is 9.72. The first-order valence-corrected chi connectivity index (χ1v) is 19.4. The number of nitriles is 1. The molecule has 4 aromatic rings. The van der Waals surface area contributed by atoms with E-state index in [2.05, 4.69) is 44.2 Å². The highest BCUT2D eigenvalue weighted by molar-refractivity contribution is 5.84. The number of fused-ring (bicyclic) bond motifs is 2. The highest BCUT2D eigenvalue weighted by atomic mass is 16.6. The maximum atomic E-state index is 12.4. The summed E-state index contributed by atoms with van der Waals surface area (Å²) < 4.78 is 25.0. The molecular formula is C38H53N11O10. The number of imidazole rings is 1. The van der Waals surface area contributed by atoms with Gasteiger partial charge in [0.05, 0.1) is 17.9 Å². The van der Waals surface area contributed by atoms with E-state index in [9.17, 15) is 35.3 Å². The smallest absolute Gasteiger partial charge is 0.308 e. The van der Waals surface area contributed by atoms with Crippen LogP contribution in [0.1, 0.15) is 78.6 Å². The van der Waals surface area contributed by atoms with Crippen molar-refractivity contribution in [3.8, 4) is 6.07 Å². The molecule has 7 rings (SSSR count). The number of aliphatic hydroxyl groups is 4. The van der Waals surface area contributed by atoms with Crippen LogP contribution in [-0.2, 0) is 34.1 Å². The molecule has 0 spiro atoms. The van der Waals surface area contributed by atoms with Crippen molar-refractivity contribution in [3.63, 3.8) is 0 Å². The summed E-state index contributed by atoms with van der Waals surface area (Å²) in [5.41, 5.74) is 9.75. The average Bonchev–Trinajstić information content (AvgIpc) is 3.94. The van der Waals surface area contributed by atoms with Crippen LogP contribution in [0.5, 0.6) is 0 Å². The van der Waals surface area contributed by atoms with E-state index in [-0.39, 0.29) is 48.5 Å². The molecule has 6 heterocycles. The average molecular weight is 824 g/mol. The summed E-state index contributed by atoms with van der Waals surface area (Å²) >= 11 is 0. The molecule has 8 atom stereocenters. The van der Waals surface area contributed by atoms with Crippen LogP contribution in [0, 0.1) is 28.6 Å². The van der Waals surface area contributed by atoms with Gasteiger partial charge in [-0.15, -0.1) is 0 Å². The molecule has 0 amide bonds. The van der Waals surface area contributed by atoms with Gasteiger partial charge in [0.25, 0.3) is 0 Å². The number of carbonyl (C=O) groups excluding carboxylic acids is 2. The van der Waals surface area contributed by atoms with Gasteiger partial charge in [-0.1, -0.05) is 27.7 Å². The van der Waals surface area contributed by atoms with Crippen molar-refractivity contribution in [2.24, 2.45) is 17.3 Å². The zero-order valence-electron chi connectivity index (χ0n) is 33.8. The number of aromatic nitrogens is 7. The van der Waals surface area contributed by atoms with E-state index < -0.39 is 53.9 Å². The quantitative estimate of drug-likeness (QED) is 0.110. The molecule has 2 aliphatic heterocycles. The summed E-state index contributed by atoms with van der Waals surface area (Å²) in [5, 5.41) is 59.5. The fourth-order valence-corrected chi connectivity index (χ4v) is 7.67. The van der Waals surface area contributed by atoms with E-state index in [1.807, 2.05) is 6.07 Å². The van der Waals surface area contributed by atoms with Gasteiger partial charge in [-0.2, -0.15) is 20.3 Å². The highest BCUT2D eigenvalue weighted by Gasteiger charge is 2.58. The third-order valence-corrected chi connectivity index (χ3v) is 11.4. The number of nitrogens with zero attached hydrogens (tertiary/aromatic N) is 8. The van der Waals surface area contributed by atoms with Crippen LogP contribution in [0.3, 0.4) is 0 Å². The number of anilines is 3. The van der Waals surface area contributed by atoms with Crippen LogP contribution in [-0.4, -0.2) is 123 Å². The van der Waals surface area contributed by atoms with E-state index in [0.29, 0.717) is 34.3 Å². The van der Waals surface area contributed by atoms with Gasteiger partial charge < -0.3 is 56.2 Å². The Morgan fingerprint density at radius 1 is 1.05 bits per heavy atom. The van der Waals surface area contributed by atoms with Crippen molar-refractivity contribution in [1.29, 1.82) is 5.26 Å². The Bertz CT molecular complexity index is 2190. The van der Waals surface area contributed by atoms with Gasteiger partial charge in [-0.05, 0) is 56.1 Å². The van der Waals surface area contributed by atoms with Crippen molar-refractivity contribution in [1.82, 2.24) is 34.1 Å². The Labute approximate surface area is 339 Å². The fourth-order valence-electron chi connectivity index (χ4n) is 7.67. The number of aliphatic hydroxyl groups excluding tert-OH is 3. The van der Waals surface area contributed by atoms with Gasteiger partial charge in [0, 0.05) is 13.5 Å². The second kappa shape index (κ2) is 16.8. The zero-order chi connectivity index (χ0) is 43.0. The summed E-state index contributed by atoms with van der Waals surface area (Å²) in [5.74, 6) is -0.165. The van der Waals surface area contributed by atoms with E-state index in [1.165, 1.54) is 28.7 Å². The van der Waals surface area contributed by atoms with E-state index in [1.54, 1.807) is 33.0 Å². The largest absolute Gasteiger partial charge is 0.463 e. The number of carbonyl (C=O) groups is 2. The minimum atomic E-state index is -1.90. The Morgan fingerprint density at radius 2 is 1.75 bits per heavy atom. The summed E-state index contributed by atoms with van der Waals surface area (Å²) in [4.78, 5) is 40.4. The molecule has 2 saturated heterocycles. The Hall–Kier alpha value is -5.24. The summed E-state index contributed by atoms with van der Waals surface area (Å²) in [7, 11) is 1.67. The summed E-state index contributed by atoms with van der Waals surface area (Å²) in [6, 6.07) is 5.11. The Morgan fingerprint density at radius 3 is 2.41 bits per heavy atom. The molecule has 0 aromatic carbocycles. The molecule has 0 radical (unpaired) electrons. The Kier molecular flexibility index (Phi) is 12.3. The predicted octanol–water partition coefficient (Wildman–Crippen LogP) is 0.959. The van der Waals surface area contributed by atoms with Gasteiger partial charge >= 0.3 is 11.9 Å². The molecular weight excluding hydrogens is 770 g/mol. The number of nitrogens with two attached hydrogens (primary N) is 2. The molecule has 21 heteroatoms. The zero-order valence-corrected chi connectivity index (χ0v) is 33.8. The molecule has 1 aliphatic carbocycles. The topological polar surface area (TPSA) is 314 Å². The fraction of sp³-hybridized carbons (Fsp3) is 0.632. The molecule has 320 valence electrons. The second-order valence-electron chi connectivity index (χ2n) is 16.6. The maximum absolute atomic E-state index is 12.4. The number of hydrogen-bond donors (Lipinski definition) is 7. The first-order chi connectivity index (χ1) is 27.8. The van der Waals surface area contributed by atoms with Crippen LogP contribution in [0.4, 0.5) is 17.6 Å². The molecule has 3 aliphatic rings. The molecule has 3 fully saturated rings.